The van der Waals surface area contributed by atoms with Crippen LogP contribution in [0.15, 0.2) is 65.1 Å². The summed E-state index contributed by atoms with van der Waals surface area (Å²) in [6.45, 7) is 8.46. The van der Waals surface area contributed by atoms with Crippen molar-refractivity contribution in [3.05, 3.63) is 93.7 Å². The molecule has 1 aliphatic rings. The number of hydrogen-bond acceptors (Lipinski definition) is 5. The van der Waals surface area contributed by atoms with Crippen molar-refractivity contribution in [3.63, 3.8) is 0 Å². The fraction of sp³-hybridized carbons (Fsp3) is 0.152. The van der Waals surface area contributed by atoms with Crippen molar-refractivity contribution in [2.45, 2.75) is 34.1 Å². The van der Waals surface area contributed by atoms with E-state index in [1.807, 2.05) is 18.3 Å². The molecule has 9 rings (SSSR count). The lowest BCUT2D eigenvalue weighted by Crippen LogP contribution is -1.99. The lowest BCUT2D eigenvalue weighted by atomic mass is 10.2. The summed E-state index contributed by atoms with van der Waals surface area (Å²) in [5.41, 5.74) is 14.5. The summed E-state index contributed by atoms with van der Waals surface area (Å²) in [5.74, 6) is 0.916. The molecule has 0 atom stereocenters. The van der Waals surface area contributed by atoms with Gasteiger partial charge in [0, 0.05) is 34.3 Å². The van der Waals surface area contributed by atoms with E-state index >= 15 is 0 Å². The first-order chi connectivity index (χ1) is 19.4. The largest absolute Gasteiger partial charge is 0.459 e. The second-order valence-electron chi connectivity index (χ2n) is 10.9. The molecule has 0 radical (unpaired) electrons. The third-order valence-electron chi connectivity index (χ3n) is 8.09. The Balaban J connectivity index is 1.35. The van der Waals surface area contributed by atoms with E-state index in [2.05, 4.69) is 90.6 Å². The highest BCUT2D eigenvalue weighted by molar-refractivity contribution is 7.31. The van der Waals surface area contributed by atoms with Crippen molar-refractivity contribution in [3.8, 4) is 22.8 Å². The zero-order valence-corrected chi connectivity index (χ0v) is 24.1. The number of hydrogen-bond donors (Lipinski definition) is 0. The predicted octanol–water partition coefficient (Wildman–Crippen LogP) is 9.19. The standard InChI is InChI=1S/C33H24N4OS2/c1-16-5-9-20(10-6-16)36-24-13-18(3)38-30(24)22-15-23-26(28(22)36)35-33-27(34-23)29-32(40-33)31-25(14-19(4)39-31)37(29)21-11-7-17(2)8-12-21/h5-14H,15H2,1-4H3. The third kappa shape index (κ3) is 2.91. The number of nitrogens with zero attached hydrogens (tertiary/aromatic N) is 4. The van der Waals surface area contributed by atoms with Crippen LogP contribution >= 0.6 is 22.7 Å². The number of benzene rings is 2. The van der Waals surface area contributed by atoms with E-state index < -0.39 is 0 Å². The zero-order valence-electron chi connectivity index (χ0n) is 22.5. The molecule has 6 heterocycles. The number of thiophene rings is 2. The molecule has 0 amide bonds. The average Bonchev–Trinajstić information content (AvgIpc) is 3.74. The van der Waals surface area contributed by atoms with Crippen LogP contribution in [0.3, 0.4) is 0 Å². The molecule has 1 aliphatic carbocycles. The van der Waals surface area contributed by atoms with Crippen molar-refractivity contribution in [1.82, 2.24) is 19.1 Å². The van der Waals surface area contributed by atoms with Crippen LogP contribution in [-0.2, 0) is 6.42 Å². The van der Waals surface area contributed by atoms with Crippen LogP contribution < -0.4 is 0 Å². The number of furan rings is 1. The van der Waals surface area contributed by atoms with Gasteiger partial charge in [-0.15, -0.1) is 22.7 Å². The van der Waals surface area contributed by atoms with E-state index in [1.54, 1.807) is 11.3 Å². The number of rotatable bonds is 2. The summed E-state index contributed by atoms with van der Waals surface area (Å²) in [4.78, 5) is 13.0. The molecule has 194 valence electrons. The molecule has 0 unspecified atom stereocenters. The molecule has 0 fully saturated rings. The second kappa shape index (κ2) is 7.71. The summed E-state index contributed by atoms with van der Waals surface area (Å²) in [6, 6.07) is 21.9. The average molecular weight is 557 g/mol. The normalized spacial score (nSPS) is 12.9. The van der Waals surface area contributed by atoms with Gasteiger partial charge in [-0.1, -0.05) is 35.4 Å². The van der Waals surface area contributed by atoms with Gasteiger partial charge in [0.05, 0.1) is 37.3 Å². The van der Waals surface area contributed by atoms with Crippen molar-refractivity contribution in [2.75, 3.05) is 0 Å². The maximum Gasteiger partial charge on any atom is 0.156 e. The van der Waals surface area contributed by atoms with Crippen LogP contribution in [0.5, 0.6) is 0 Å². The Hall–Kier alpha value is -4.20. The van der Waals surface area contributed by atoms with Gasteiger partial charge in [0.15, 0.2) is 5.58 Å². The third-order valence-corrected chi connectivity index (χ3v) is 10.4. The van der Waals surface area contributed by atoms with E-state index in [1.165, 1.54) is 36.5 Å². The molecular formula is C33H24N4OS2. The Morgan fingerprint density at radius 3 is 2.17 bits per heavy atom. The second-order valence-corrected chi connectivity index (χ2v) is 13.2. The van der Waals surface area contributed by atoms with Crippen molar-refractivity contribution in [1.29, 1.82) is 0 Å². The van der Waals surface area contributed by atoms with Gasteiger partial charge in [0.25, 0.3) is 0 Å². The molecular weight excluding hydrogens is 533 g/mol. The summed E-state index contributed by atoms with van der Waals surface area (Å²) in [6.07, 6.45) is 0.714. The monoisotopic (exact) mass is 556 g/mol. The highest BCUT2D eigenvalue weighted by Gasteiger charge is 2.33. The SMILES string of the molecule is Cc1ccc(-n2c3c(c4oc(C)cc42)Cc2nc4c(nc2-3)sc2c3sc(C)cc3n(-c3ccc(C)cc3)c42)cc1. The van der Waals surface area contributed by atoms with Crippen molar-refractivity contribution < 1.29 is 4.42 Å². The molecule has 5 nitrogen and oxygen atoms in total. The zero-order chi connectivity index (χ0) is 26.9. The molecule has 0 spiro atoms. The highest BCUT2D eigenvalue weighted by atomic mass is 32.1. The van der Waals surface area contributed by atoms with Gasteiger partial charge in [-0.3, -0.25) is 0 Å². The fourth-order valence-electron chi connectivity index (χ4n) is 6.31. The Bertz CT molecular complexity index is 2320. The van der Waals surface area contributed by atoms with Crippen LogP contribution in [0.2, 0.25) is 0 Å². The number of fused-ring (bicyclic) bond motifs is 10. The van der Waals surface area contributed by atoms with Gasteiger partial charge in [-0.2, -0.15) is 0 Å². The minimum atomic E-state index is 0.714. The molecule has 0 saturated carbocycles. The maximum atomic E-state index is 6.27. The van der Waals surface area contributed by atoms with Crippen molar-refractivity contribution in [2.24, 2.45) is 0 Å². The van der Waals surface area contributed by atoms with Crippen LogP contribution in [0, 0.1) is 27.7 Å². The van der Waals surface area contributed by atoms with E-state index in [0.29, 0.717) is 6.42 Å². The van der Waals surface area contributed by atoms with E-state index in [-0.39, 0.29) is 0 Å². The van der Waals surface area contributed by atoms with Crippen LogP contribution in [0.1, 0.15) is 33.0 Å². The van der Waals surface area contributed by atoms with Gasteiger partial charge in [0.2, 0.25) is 0 Å². The Morgan fingerprint density at radius 2 is 1.45 bits per heavy atom. The minimum Gasteiger partial charge on any atom is -0.459 e. The summed E-state index contributed by atoms with van der Waals surface area (Å²) in [7, 11) is 0. The quantitative estimate of drug-likeness (QED) is 0.213. The van der Waals surface area contributed by atoms with E-state index in [0.717, 1.165) is 61.2 Å². The molecule has 40 heavy (non-hydrogen) atoms. The fourth-order valence-corrected chi connectivity index (χ4v) is 8.55. The first kappa shape index (κ1) is 22.6. The Kier molecular flexibility index (Phi) is 4.36. The van der Waals surface area contributed by atoms with Gasteiger partial charge >= 0.3 is 0 Å². The van der Waals surface area contributed by atoms with Gasteiger partial charge in [0.1, 0.15) is 21.8 Å². The molecule has 8 aromatic rings. The lowest BCUT2D eigenvalue weighted by molar-refractivity contribution is 0.576. The minimum absolute atomic E-state index is 0.714. The number of aryl methyl sites for hydroxylation is 4. The van der Waals surface area contributed by atoms with Gasteiger partial charge in [-0.05, 0) is 58.0 Å². The predicted molar refractivity (Wildman–Crippen MR) is 166 cm³/mol. The molecule has 0 N–H and O–H groups in total. The van der Waals surface area contributed by atoms with Crippen LogP contribution in [0.4, 0.5) is 0 Å². The van der Waals surface area contributed by atoms with Crippen LogP contribution in [0.25, 0.3) is 64.6 Å². The maximum absolute atomic E-state index is 6.27. The molecule has 0 saturated heterocycles. The Morgan fingerprint density at radius 1 is 0.750 bits per heavy atom. The molecule has 0 bridgehead atoms. The van der Waals surface area contributed by atoms with Crippen LogP contribution in [-0.4, -0.2) is 19.1 Å². The molecule has 6 aromatic heterocycles. The highest BCUT2D eigenvalue weighted by Crippen LogP contribution is 2.48. The lowest BCUT2D eigenvalue weighted by Gasteiger charge is -2.10. The topological polar surface area (TPSA) is 48.8 Å². The summed E-state index contributed by atoms with van der Waals surface area (Å²) in [5, 5.41) is 0. The number of aromatic nitrogens is 4. The molecule has 7 heteroatoms. The Labute approximate surface area is 238 Å². The van der Waals surface area contributed by atoms with E-state index in [9.17, 15) is 0 Å². The smallest absolute Gasteiger partial charge is 0.156 e. The summed E-state index contributed by atoms with van der Waals surface area (Å²) >= 11 is 3.62. The first-order valence-corrected chi connectivity index (χ1v) is 15.1. The summed E-state index contributed by atoms with van der Waals surface area (Å²) < 4.78 is 13.5. The van der Waals surface area contributed by atoms with E-state index in [4.69, 9.17) is 14.4 Å². The molecule has 2 aromatic carbocycles. The first-order valence-electron chi connectivity index (χ1n) is 13.5. The van der Waals surface area contributed by atoms with Crippen molar-refractivity contribution >= 4 is 64.6 Å². The van der Waals surface area contributed by atoms with Gasteiger partial charge in [-0.25, -0.2) is 9.97 Å². The molecule has 0 aliphatic heterocycles. The van der Waals surface area contributed by atoms with Gasteiger partial charge < -0.3 is 13.6 Å².